The van der Waals surface area contributed by atoms with Crippen molar-refractivity contribution in [3.05, 3.63) is 29.8 Å². The van der Waals surface area contributed by atoms with Crippen molar-refractivity contribution < 1.29 is 18.0 Å². The van der Waals surface area contributed by atoms with Crippen molar-refractivity contribution >= 4 is 11.6 Å². The van der Waals surface area contributed by atoms with Gasteiger partial charge in [-0.2, -0.15) is 13.2 Å². The highest BCUT2D eigenvalue weighted by atomic mass is 19.4. The first kappa shape index (κ1) is 11.9. The highest BCUT2D eigenvalue weighted by Crippen LogP contribution is 2.36. The van der Waals surface area contributed by atoms with Gasteiger partial charge in [0.2, 0.25) is 5.91 Å². The molecule has 0 spiro atoms. The molecule has 17 heavy (non-hydrogen) atoms. The summed E-state index contributed by atoms with van der Waals surface area (Å²) in [6.07, 6.45) is -4.44. The number of nitrogens with one attached hydrogen (secondary N) is 1. The van der Waals surface area contributed by atoms with E-state index >= 15 is 0 Å². The van der Waals surface area contributed by atoms with E-state index in [-0.39, 0.29) is 24.7 Å². The standard InChI is InChI=1S/C11H11F3N2O/c12-11(13,14)8-3-1-2-4-9(8)16-6-5-15-7-10(16)17/h1-4,15H,5-7H2. The van der Waals surface area contributed by atoms with Gasteiger partial charge in [-0.15, -0.1) is 0 Å². The number of benzene rings is 1. The maximum absolute atomic E-state index is 12.8. The Morgan fingerprint density at radius 2 is 1.94 bits per heavy atom. The molecule has 1 aromatic carbocycles. The van der Waals surface area contributed by atoms with Crippen LogP contribution in [0, 0.1) is 0 Å². The summed E-state index contributed by atoms with van der Waals surface area (Å²) >= 11 is 0. The van der Waals surface area contributed by atoms with Crippen LogP contribution in [0.2, 0.25) is 0 Å². The van der Waals surface area contributed by atoms with Crippen LogP contribution in [0.15, 0.2) is 24.3 Å². The first-order valence-electron chi connectivity index (χ1n) is 5.17. The second-order valence-corrected chi connectivity index (χ2v) is 3.74. The first-order chi connectivity index (χ1) is 8.00. The number of alkyl halides is 3. The van der Waals surface area contributed by atoms with Crippen LogP contribution in [0.1, 0.15) is 5.56 Å². The van der Waals surface area contributed by atoms with Gasteiger partial charge in [0, 0.05) is 13.1 Å². The van der Waals surface area contributed by atoms with Gasteiger partial charge in [-0.1, -0.05) is 12.1 Å². The van der Waals surface area contributed by atoms with Crippen molar-refractivity contribution in [2.45, 2.75) is 6.18 Å². The van der Waals surface area contributed by atoms with E-state index < -0.39 is 11.7 Å². The molecular formula is C11H11F3N2O. The monoisotopic (exact) mass is 244 g/mol. The molecule has 1 amide bonds. The molecule has 0 aliphatic carbocycles. The molecule has 0 saturated carbocycles. The number of amides is 1. The molecular weight excluding hydrogens is 233 g/mol. The third-order valence-electron chi connectivity index (χ3n) is 2.59. The Morgan fingerprint density at radius 3 is 2.59 bits per heavy atom. The number of carbonyl (C=O) groups is 1. The minimum Gasteiger partial charge on any atom is -0.309 e. The zero-order valence-electron chi connectivity index (χ0n) is 8.92. The maximum Gasteiger partial charge on any atom is 0.418 e. The topological polar surface area (TPSA) is 32.3 Å². The summed E-state index contributed by atoms with van der Waals surface area (Å²) in [5.74, 6) is -0.340. The highest BCUT2D eigenvalue weighted by molar-refractivity contribution is 5.96. The van der Waals surface area contributed by atoms with Crippen LogP contribution in [0.4, 0.5) is 18.9 Å². The van der Waals surface area contributed by atoms with Gasteiger partial charge in [-0.25, -0.2) is 0 Å². The van der Waals surface area contributed by atoms with E-state index in [9.17, 15) is 18.0 Å². The van der Waals surface area contributed by atoms with Gasteiger partial charge in [0.25, 0.3) is 0 Å². The lowest BCUT2D eigenvalue weighted by Gasteiger charge is -2.29. The van der Waals surface area contributed by atoms with E-state index in [0.29, 0.717) is 6.54 Å². The van der Waals surface area contributed by atoms with Gasteiger partial charge >= 0.3 is 6.18 Å². The lowest BCUT2D eigenvalue weighted by molar-refractivity contribution is -0.137. The molecule has 2 rings (SSSR count). The molecule has 6 heteroatoms. The Labute approximate surface area is 96.2 Å². The third-order valence-corrected chi connectivity index (χ3v) is 2.59. The average molecular weight is 244 g/mol. The Kier molecular flexibility index (Phi) is 3.06. The molecule has 0 bridgehead atoms. The summed E-state index contributed by atoms with van der Waals surface area (Å²) in [4.78, 5) is 12.7. The number of para-hydroxylation sites is 1. The van der Waals surface area contributed by atoms with Crippen molar-refractivity contribution in [2.75, 3.05) is 24.5 Å². The predicted octanol–water partition coefficient (Wildman–Crippen LogP) is 1.64. The van der Waals surface area contributed by atoms with Crippen molar-refractivity contribution in [2.24, 2.45) is 0 Å². The highest BCUT2D eigenvalue weighted by Gasteiger charge is 2.36. The fourth-order valence-electron chi connectivity index (χ4n) is 1.81. The van der Waals surface area contributed by atoms with Crippen molar-refractivity contribution in [1.82, 2.24) is 5.32 Å². The molecule has 0 radical (unpaired) electrons. The molecule has 0 atom stereocenters. The van der Waals surface area contributed by atoms with E-state index in [1.807, 2.05) is 0 Å². The van der Waals surface area contributed by atoms with E-state index in [2.05, 4.69) is 5.32 Å². The Morgan fingerprint density at radius 1 is 1.24 bits per heavy atom. The van der Waals surface area contributed by atoms with Crippen molar-refractivity contribution in [1.29, 1.82) is 0 Å². The fourth-order valence-corrected chi connectivity index (χ4v) is 1.81. The minimum absolute atomic E-state index is 0.0634. The van der Waals surface area contributed by atoms with E-state index in [1.54, 1.807) is 0 Å². The van der Waals surface area contributed by atoms with Gasteiger partial charge < -0.3 is 10.2 Å². The van der Waals surface area contributed by atoms with E-state index in [1.165, 1.54) is 23.1 Å². The molecule has 1 fully saturated rings. The van der Waals surface area contributed by atoms with Crippen LogP contribution in [0.5, 0.6) is 0 Å². The average Bonchev–Trinajstić information content (AvgIpc) is 2.28. The van der Waals surface area contributed by atoms with E-state index in [0.717, 1.165) is 6.07 Å². The summed E-state index contributed by atoms with van der Waals surface area (Å²) < 4.78 is 38.3. The second kappa shape index (κ2) is 4.37. The lowest BCUT2D eigenvalue weighted by Crippen LogP contribution is -2.48. The van der Waals surface area contributed by atoms with Gasteiger partial charge in [0.15, 0.2) is 0 Å². The van der Waals surface area contributed by atoms with Crippen molar-refractivity contribution in [3.8, 4) is 0 Å². The molecule has 1 aliphatic heterocycles. The van der Waals surface area contributed by atoms with Crippen LogP contribution >= 0.6 is 0 Å². The predicted molar refractivity (Wildman–Crippen MR) is 56.7 cm³/mol. The lowest BCUT2D eigenvalue weighted by atomic mass is 10.1. The van der Waals surface area contributed by atoms with Gasteiger partial charge in [0.1, 0.15) is 0 Å². The maximum atomic E-state index is 12.8. The molecule has 1 saturated heterocycles. The van der Waals surface area contributed by atoms with Gasteiger partial charge in [-0.3, -0.25) is 4.79 Å². The number of hydrogen-bond donors (Lipinski definition) is 1. The summed E-state index contributed by atoms with van der Waals surface area (Å²) in [6, 6.07) is 5.13. The summed E-state index contributed by atoms with van der Waals surface area (Å²) in [5, 5.41) is 2.82. The molecule has 3 nitrogen and oxygen atoms in total. The van der Waals surface area contributed by atoms with E-state index in [4.69, 9.17) is 0 Å². The third kappa shape index (κ3) is 2.41. The molecule has 1 N–H and O–H groups in total. The SMILES string of the molecule is O=C1CNCCN1c1ccccc1C(F)(F)F. The van der Waals surface area contributed by atoms with Crippen LogP contribution in [0.25, 0.3) is 0 Å². The van der Waals surface area contributed by atoms with Crippen LogP contribution in [0.3, 0.4) is 0 Å². The Bertz CT molecular complexity index is 431. The number of carbonyl (C=O) groups excluding carboxylic acids is 1. The number of anilines is 1. The van der Waals surface area contributed by atoms with Crippen molar-refractivity contribution in [3.63, 3.8) is 0 Å². The van der Waals surface area contributed by atoms with Gasteiger partial charge in [-0.05, 0) is 12.1 Å². The van der Waals surface area contributed by atoms with Crippen LogP contribution in [-0.2, 0) is 11.0 Å². The molecule has 92 valence electrons. The Hall–Kier alpha value is -1.56. The zero-order valence-corrected chi connectivity index (χ0v) is 8.92. The Balaban J connectivity index is 2.41. The zero-order chi connectivity index (χ0) is 12.5. The molecule has 0 aromatic heterocycles. The summed E-state index contributed by atoms with van der Waals surface area (Å²) in [5.41, 5.74) is -0.832. The molecule has 1 heterocycles. The van der Waals surface area contributed by atoms with Crippen LogP contribution < -0.4 is 10.2 Å². The fraction of sp³-hybridized carbons (Fsp3) is 0.364. The quantitative estimate of drug-likeness (QED) is 0.814. The summed E-state index contributed by atoms with van der Waals surface area (Å²) in [7, 11) is 0. The van der Waals surface area contributed by atoms with Gasteiger partial charge in [0.05, 0.1) is 17.8 Å². The normalized spacial score (nSPS) is 17.4. The summed E-state index contributed by atoms with van der Waals surface area (Å²) in [6.45, 7) is 0.829. The number of halogens is 3. The number of nitrogens with zero attached hydrogens (tertiary/aromatic N) is 1. The molecule has 0 unspecified atom stereocenters. The number of rotatable bonds is 1. The second-order valence-electron chi connectivity index (χ2n) is 3.74. The smallest absolute Gasteiger partial charge is 0.309 e. The first-order valence-corrected chi connectivity index (χ1v) is 5.17. The van der Waals surface area contributed by atoms with Crippen LogP contribution in [-0.4, -0.2) is 25.5 Å². The number of hydrogen-bond acceptors (Lipinski definition) is 2. The number of piperazine rings is 1. The molecule has 1 aromatic rings. The molecule has 1 aliphatic rings. The minimum atomic E-state index is -4.44. The largest absolute Gasteiger partial charge is 0.418 e.